The highest BCUT2D eigenvalue weighted by Gasteiger charge is 2.43. The average Bonchev–Trinajstić information content (AvgIpc) is 2.78. The van der Waals surface area contributed by atoms with Crippen LogP contribution in [0.4, 0.5) is 0 Å². The Labute approximate surface area is 123 Å². The number of piperidine rings is 1. The van der Waals surface area contributed by atoms with Crippen molar-refractivity contribution in [3.05, 3.63) is 29.6 Å². The molecule has 0 bridgehead atoms. The maximum Gasteiger partial charge on any atom is 0.273 e. The van der Waals surface area contributed by atoms with Crippen LogP contribution in [0.15, 0.2) is 18.3 Å². The van der Waals surface area contributed by atoms with Crippen molar-refractivity contribution >= 4 is 17.7 Å². The van der Waals surface area contributed by atoms with Crippen LogP contribution in [-0.2, 0) is 16.1 Å². The normalized spacial score (nSPS) is 24.1. The van der Waals surface area contributed by atoms with E-state index in [1.807, 2.05) is 26.8 Å². The molecule has 112 valence electrons. The number of pyridine rings is 1. The van der Waals surface area contributed by atoms with Gasteiger partial charge in [-0.1, -0.05) is 26.8 Å². The van der Waals surface area contributed by atoms with Crippen LogP contribution in [0, 0.1) is 5.92 Å². The second-order valence-electron chi connectivity index (χ2n) is 4.98. The van der Waals surface area contributed by atoms with Gasteiger partial charge in [0.1, 0.15) is 11.7 Å². The topological polar surface area (TPSA) is 79.4 Å². The lowest BCUT2D eigenvalue weighted by Crippen LogP contribution is -2.56. The van der Waals surface area contributed by atoms with Gasteiger partial charge in [-0.05, 0) is 12.0 Å². The fraction of sp³-hybridized carbons (Fsp3) is 0.467. The lowest BCUT2D eigenvalue weighted by Gasteiger charge is -2.34. The molecule has 0 aliphatic carbocycles. The molecule has 1 saturated heterocycles. The molecule has 0 aromatic carbocycles. The van der Waals surface area contributed by atoms with Crippen molar-refractivity contribution in [1.82, 2.24) is 15.2 Å². The number of rotatable bonds is 1. The summed E-state index contributed by atoms with van der Waals surface area (Å²) in [5.74, 6) is -1.10. The highest BCUT2D eigenvalue weighted by molar-refractivity contribution is 6.04. The highest BCUT2D eigenvalue weighted by Crippen LogP contribution is 2.28. The van der Waals surface area contributed by atoms with Crippen LogP contribution >= 0.6 is 0 Å². The molecule has 1 N–H and O–H groups in total. The van der Waals surface area contributed by atoms with E-state index in [9.17, 15) is 14.4 Å². The number of carbonyl (C=O) groups excluding carboxylic acids is 3. The number of amides is 3. The third-order valence-corrected chi connectivity index (χ3v) is 3.61. The Kier molecular flexibility index (Phi) is 4.35. The summed E-state index contributed by atoms with van der Waals surface area (Å²) in [7, 11) is 0. The summed E-state index contributed by atoms with van der Waals surface area (Å²) in [4.78, 5) is 41.1. The molecule has 0 spiro atoms. The number of hydrogen-bond acceptors (Lipinski definition) is 4. The van der Waals surface area contributed by atoms with Crippen molar-refractivity contribution in [3.63, 3.8) is 0 Å². The summed E-state index contributed by atoms with van der Waals surface area (Å²) in [6, 6.07) is 3.00. The van der Waals surface area contributed by atoms with Gasteiger partial charge in [-0.25, -0.2) is 0 Å². The number of fused-ring (bicyclic) bond motifs is 1. The monoisotopic (exact) mass is 289 g/mol. The molecule has 3 amide bonds. The van der Waals surface area contributed by atoms with E-state index in [4.69, 9.17) is 0 Å². The van der Waals surface area contributed by atoms with Crippen LogP contribution in [-0.4, -0.2) is 33.6 Å². The molecule has 1 aromatic rings. The van der Waals surface area contributed by atoms with E-state index in [1.165, 1.54) is 4.90 Å². The average molecular weight is 289 g/mol. The number of nitrogens with zero attached hydrogens (tertiary/aromatic N) is 2. The number of hydrogen-bond donors (Lipinski definition) is 1. The minimum atomic E-state index is -0.598. The van der Waals surface area contributed by atoms with Gasteiger partial charge in [0.2, 0.25) is 11.8 Å². The van der Waals surface area contributed by atoms with Crippen molar-refractivity contribution in [1.29, 1.82) is 0 Å². The largest absolute Gasteiger partial charge is 0.321 e. The zero-order valence-corrected chi connectivity index (χ0v) is 12.4. The van der Waals surface area contributed by atoms with Gasteiger partial charge in [0, 0.05) is 24.7 Å². The Balaban J connectivity index is 0.000000774. The van der Waals surface area contributed by atoms with Crippen molar-refractivity contribution < 1.29 is 14.4 Å². The van der Waals surface area contributed by atoms with Gasteiger partial charge in [0.15, 0.2) is 0 Å². The van der Waals surface area contributed by atoms with E-state index in [2.05, 4.69) is 10.3 Å². The summed E-state index contributed by atoms with van der Waals surface area (Å²) in [6.07, 6.45) is 1.82. The van der Waals surface area contributed by atoms with Crippen molar-refractivity contribution in [2.24, 2.45) is 5.92 Å². The summed E-state index contributed by atoms with van der Waals surface area (Å²) < 4.78 is 0. The summed E-state index contributed by atoms with van der Waals surface area (Å²) in [5.41, 5.74) is 1.23. The van der Waals surface area contributed by atoms with Crippen LogP contribution in [0.1, 0.15) is 43.2 Å². The van der Waals surface area contributed by atoms with Gasteiger partial charge in [-0.3, -0.25) is 24.7 Å². The number of aromatic nitrogens is 1. The predicted octanol–water partition coefficient (Wildman–Crippen LogP) is 1.11. The molecule has 2 aliphatic heterocycles. The zero-order valence-electron chi connectivity index (χ0n) is 12.4. The summed E-state index contributed by atoms with van der Waals surface area (Å²) in [6.45, 7) is 6.18. The first kappa shape index (κ1) is 15.2. The van der Waals surface area contributed by atoms with Gasteiger partial charge in [-0.15, -0.1) is 0 Å². The number of imide groups is 1. The Morgan fingerprint density at radius 2 is 2.00 bits per heavy atom. The van der Waals surface area contributed by atoms with Crippen LogP contribution in [0.3, 0.4) is 0 Å². The highest BCUT2D eigenvalue weighted by atomic mass is 16.2. The molecule has 3 heterocycles. The van der Waals surface area contributed by atoms with E-state index in [1.54, 1.807) is 12.3 Å². The first-order valence-electron chi connectivity index (χ1n) is 7.16. The van der Waals surface area contributed by atoms with E-state index >= 15 is 0 Å². The van der Waals surface area contributed by atoms with E-state index in [0.717, 1.165) is 5.56 Å². The number of carbonyl (C=O) groups is 3. The molecule has 6 nitrogen and oxygen atoms in total. The first-order valence-corrected chi connectivity index (χ1v) is 7.16. The van der Waals surface area contributed by atoms with Gasteiger partial charge >= 0.3 is 0 Å². The Bertz CT molecular complexity index is 585. The second-order valence-corrected chi connectivity index (χ2v) is 4.98. The fourth-order valence-electron chi connectivity index (χ4n) is 2.75. The predicted molar refractivity (Wildman–Crippen MR) is 76.2 cm³/mol. The van der Waals surface area contributed by atoms with E-state index in [0.29, 0.717) is 12.2 Å². The van der Waals surface area contributed by atoms with Gasteiger partial charge in [-0.2, -0.15) is 0 Å². The molecule has 21 heavy (non-hydrogen) atoms. The van der Waals surface area contributed by atoms with E-state index < -0.39 is 11.9 Å². The molecular formula is C15H19N3O3. The molecule has 1 aromatic heterocycles. The molecule has 2 unspecified atom stereocenters. The Hall–Kier alpha value is -2.24. The van der Waals surface area contributed by atoms with Crippen molar-refractivity contribution in [2.75, 3.05) is 0 Å². The maximum absolute atomic E-state index is 12.3. The Morgan fingerprint density at radius 3 is 2.62 bits per heavy atom. The smallest absolute Gasteiger partial charge is 0.273 e. The summed E-state index contributed by atoms with van der Waals surface area (Å²) >= 11 is 0. The molecule has 3 rings (SSSR count). The lowest BCUT2D eigenvalue weighted by molar-refractivity contribution is -0.139. The number of nitrogens with one attached hydrogen (secondary N) is 1. The molecule has 2 atom stereocenters. The van der Waals surface area contributed by atoms with Gasteiger partial charge in [0.25, 0.3) is 5.91 Å². The van der Waals surface area contributed by atoms with Crippen LogP contribution in [0.5, 0.6) is 0 Å². The fourth-order valence-corrected chi connectivity index (χ4v) is 2.75. The van der Waals surface area contributed by atoms with Crippen LogP contribution in [0.25, 0.3) is 0 Å². The minimum absolute atomic E-state index is 0.181. The van der Waals surface area contributed by atoms with Crippen LogP contribution < -0.4 is 5.32 Å². The second kappa shape index (κ2) is 6.03. The van der Waals surface area contributed by atoms with E-state index in [-0.39, 0.29) is 24.2 Å². The minimum Gasteiger partial charge on any atom is -0.321 e. The van der Waals surface area contributed by atoms with Crippen molar-refractivity contribution in [3.8, 4) is 0 Å². The molecule has 1 fully saturated rings. The molecular weight excluding hydrogens is 270 g/mol. The molecule has 0 saturated carbocycles. The lowest BCUT2D eigenvalue weighted by atomic mass is 9.92. The van der Waals surface area contributed by atoms with Crippen LogP contribution in [0.2, 0.25) is 0 Å². The van der Waals surface area contributed by atoms with Crippen molar-refractivity contribution in [2.45, 2.75) is 39.8 Å². The van der Waals surface area contributed by atoms with Gasteiger partial charge < -0.3 is 4.90 Å². The molecule has 2 aliphatic rings. The zero-order chi connectivity index (χ0) is 15.6. The SMILES string of the molecule is CC.CC1CC(=O)NC(=O)C1N1Cc2cccnc2C1=O. The molecule has 6 heteroatoms. The maximum atomic E-state index is 12.3. The van der Waals surface area contributed by atoms with Gasteiger partial charge in [0.05, 0.1) is 0 Å². The summed E-state index contributed by atoms with van der Waals surface area (Å²) in [5, 5.41) is 2.29. The Morgan fingerprint density at radius 1 is 1.29 bits per heavy atom. The quantitative estimate of drug-likeness (QED) is 0.786. The first-order chi connectivity index (χ1) is 10.1. The third kappa shape index (κ3) is 2.66. The molecule has 0 radical (unpaired) electrons. The third-order valence-electron chi connectivity index (χ3n) is 3.61. The standard InChI is InChI=1S/C13H13N3O3.C2H6/c1-7-5-9(17)15-12(18)11(7)16-6-8-3-2-4-14-10(8)13(16)19;1-2/h2-4,7,11H,5-6H2,1H3,(H,15,17,18);1-2H3.